The normalized spacial score (nSPS) is 23.2. The predicted molar refractivity (Wildman–Crippen MR) is 62.7 cm³/mol. The van der Waals surface area contributed by atoms with Crippen molar-refractivity contribution >= 4 is 0 Å². The van der Waals surface area contributed by atoms with E-state index in [1.165, 1.54) is 6.07 Å². The summed E-state index contributed by atoms with van der Waals surface area (Å²) in [4.78, 5) is 0. The molecule has 0 bridgehead atoms. The summed E-state index contributed by atoms with van der Waals surface area (Å²) in [6, 6.07) is 5.25. The number of halogens is 1. The van der Waals surface area contributed by atoms with E-state index in [4.69, 9.17) is 4.74 Å². The van der Waals surface area contributed by atoms with Crippen LogP contribution in [-0.2, 0) is 10.3 Å². The molecule has 1 aromatic rings. The van der Waals surface area contributed by atoms with Crippen LogP contribution in [0.25, 0.3) is 0 Å². The maximum Gasteiger partial charge on any atom is 0.129 e. The van der Waals surface area contributed by atoms with Gasteiger partial charge in [-0.2, -0.15) is 0 Å². The van der Waals surface area contributed by atoms with E-state index >= 15 is 0 Å². The Bertz CT molecular complexity index is 415. The smallest absolute Gasteiger partial charge is 0.129 e. The van der Waals surface area contributed by atoms with Crippen molar-refractivity contribution in [1.82, 2.24) is 0 Å². The predicted octanol–water partition coefficient (Wildman–Crippen LogP) is 4.18. The average Bonchev–Trinajstić information content (AvgIpc) is 2.39. The van der Waals surface area contributed by atoms with Crippen LogP contribution in [0.4, 0.5) is 4.39 Å². The van der Waals surface area contributed by atoms with Crippen LogP contribution in [0.5, 0.6) is 0 Å². The van der Waals surface area contributed by atoms with E-state index in [1.54, 1.807) is 6.07 Å². The third-order valence-electron chi connectivity index (χ3n) is 3.13. The van der Waals surface area contributed by atoms with Gasteiger partial charge in [-0.05, 0) is 30.9 Å². The molecule has 1 aromatic carbocycles. The zero-order valence-electron chi connectivity index (χ0n) is 10.6. The lowest BCUT2D eigenvalue weighted by atomic mass is 9.83. The molecule has 0 fully saturated rings. The molecule has 1 nitrogen and oxygen atoms in total. The summed E-state index contributed by atoms with van der Waals surface area (Å²) in [6.07, 6.45) is -0.0341. The second kappa shape index (κ2) is 3.30. The molecule has 1 aliphatic heterocycles. The lowest BCUT2D eigenvalue weighted by molar-refractivity contribution is -0.0972. The highest BCUT2D eigenvalue weighted by Crippen LogP contribution is 2.51. The maximum absolute atomic E-state index is 13.9. The van der Waals surface area contributed by atoms with Gasteiger partial charge >= 0.3 is 0 Å². The summed E-state index contributed by atoms with van der Waals surface area (Å²) in [5.41, 5.74) is 1.17. The Kier molecular flexibility index (Phi) is 2.39. The summed E-state index contributed by atoms with van der Waals surface area (Å²) in [5, 5.41) is 0. The number of hydrogen-bond acceptors (Lipinski definition) is 1. The third kappa shape index (κ3) is 1.65. The van der Waals surface area contributed by atoms with Gasteiger partial charge in [-0.3, -0.25) is 0 Å². The first kappa shape index (κ1) is 11.6. The van der Waals surface area contributed by atoms with E-state index in [0.29, 0.717) is 0 Å². The van der Waals surface area contributed by atoms with Crippen LogP contribution in [-0.4, -0.2) is 0 Å². The summed E-state index contributed by atoms with van der Waals surface area (Å²) in [7, 11) is 0. The van der Waals surface area contributed by atoms with Crippen molar-refractivity contribution in [3.8, 4) is 0 Å². The number of hydrogen-bond donors (Lipinski definition) is 0. The van der Waals surface area contributed by atoms with Crippen LogP contribution in [0.1, 0.15) is 51.8 Å². The largest absolute Gasteiger partial charge is 0.362 e. The van der Waals surface area contributed by atoms with Gasteiger partial charge in [0.1, 0.15) is 5.82 Å². The quantitative estimate of drug-likeness (QED) is 0.640. The van der Waals surface area contributed by atoms with E-state index in [2.05, 4.69) is 20.8 Å². The van der Waals surface area contributed by atoms with Gasteiger partial charge in [0.2, 0.25) is 0 Å². The Morgan fingerprint density at radius 2 is 1.88 bits per heavy atom. The summed E-state index contributed by atoms with van der Waals surface area (Å²) < 4.78 is 19.9. The molecule has 88 valence electrons. The van der Waals surface area contributed by atoms with E-state index in [9.17, 15) is 4.39 Å². The van der Waals surface area contributed by atoms with Crippen molar-refractivity contribution in [2.75, 3.05) is 0 Å². The highest BCUT2D eigenvalue weighted by molar-refractivity contribution is 5.39. The van der Waals surface area contributed by atoms with Crippen molar-refractivity contribution in [3.05, 3.63) is 35.1 Å². The van der Waals surface area contributed by atoms with E-state index < -0.39 is 5.60 Å². The molecule has 1 atom stereocenters. The molecule has 16 heavy (non-hydrogen) atoms. The molecule has 2 rings (SSSR count). The van der Waals surface area contributed by atoms with E-state index in [-0.39, 0.29) is 17.3 Å². The fourth-order valence-electron chi connectivity index (χ4n) is 2.45. The zero-order valence-corrected chi connectivity index (χ0v) is 10.6. The van der Waals surface area contributed by atoms with Crippen LogP contribution in [0.3, 0.4) is 0 Å². The Hall–Kier alpha value is -0.890. The molecule has 0 aromatic heterocycles. The van der Waals surface area contributed by atoms with Crippen LogP contribution >= 0.6 is 0 Å². The summed E-state index contributed by atoms with van der Waals surface area (Å²) in [5.74, 6) is -0.158. The molecule has 2 heteroatoms. The van der Waals surface area contributed by atoms with Crippen molar-refractivity contribution in [3.63, 3.8) is 0 Å². The fourth-order valence-corrected chi connectivity index (χ4v) is 2.45. The summed E-state index contributed by atoms with van der Waals surface area (Å²) in [6.45, 7) is 10.2. The maximum atomic E-state index is 13.9. The number of fused-ring (bicyclic) bond motifs is 1. The monoisotopic (exact) mass is 222 g/mol. The van der Waals surface area contributed by atoms with Crippen molar-refractivity contribution in [2.24, 2.45) is 5.41 Å². The fraction of sp³-hybridized carbons (Fsp3) is 0.571. The molecule has 0 saturated carbocycles. The van der Waals surface area contributed by atoms with Gasteiger partial charge in [0.25, 0.3) is 0 Å². The zero-order chi connectivity index (χ0) is 12.1. The van der Waals surface area contributed by atoms with E-state index in [1.807, 2.05) is 19.9 Å². The molecule has 0 saturated heterocycles. The van der Waals surface area contributed by atoms with Gasteiger partial charge < -0.3 is 4.74 Å². The molecular formula is C14H19FO. The molecule has 1 heterocycles. The standard InChI is InChI=1S/C14H19FO/c1-13(2,3)12-9-7-6-8-10(15)11(9)14(4,5)16-12/h6-8,12H,1-5H3. The molecule has 0 spiro atoms. The second-order valence-electron chi connectivity index (χ2n) is 6.08. The summed E-state index contributed by atoms with van der Waals surface area (Å²) >= 11 is 0. The SMILES string of the molecule is CC1(C)OC(C(C)(C)C)c2cccc(F)c21. The first-order valence-electron chi connectivity index (χ1n) is 5.70. The van der Waals surface area contributed by atoms with Gasteiger partial charge in [-0.25, -0.2) is 4.39 Å². The minimum atomic E-state index is -0.529. The highest BCUT2D eigenvalue weighted by Gasteiger charge is 2.44. The lowest BCUT2D eigenvalue weighted by Crippen LogP contribution is -2.22. The minimum Gasteiger partial charge on any atom is -0.362 e. The Morgan fingerprint density at radius 1 is 1.25 bits per heavy atom. The molecule has 1 unspecified atom stereocenters. The topological polar surface area (TPSA) is 9.23 Å². The molecule has 0 aliphatic carbocycles. The Balaban J connectivity index is 2.60. The van der Waals surface area contributed by atoms with Gasteiger partial charge in [-0.15, -0.1) is 0 Å². The van der Waals surface area contributed by atoms with Gasteiger partial charge in [-0.1, -0.05) is 32.9 Å². The van der Waals surface area contributed by atoms with Gasteiger partial charge in [0.05, 0.1) is 11.7 Å². The Morgan fingerprint density at radius 3 is 2.44 bits per heavy atom. The Labute approximate surface area is 96.6 Å². The molecule has 0 amide bonds. The number of rotatable bonds is 0. The van der Waals surface area contributed by atoms with Crippen LogP contribution < -0.4 is 0 Å². The van der Waals surface area contributed by atoms with E-state index in [0.717, 1.165) is 11.1 Å². The third-order valence-corrected chi connectivity index (χ3v) is 3.13. The van der Waals surface area contributed by atoms with Crippen LogP contribution in [0.2, 0.25) is 0 Å². The number of ether oxygens (including phenoxy) is 1. The van der Waals surface area contributed by atoms with Crippen LogP contribution in [0, 0.1) is 11.2 Å². The molecular weight excluding hydrogens is 203 g/mol. The number of benzene rings is 1. The van der Waals surface area contributed by atoms with Gasteiger partial charge in [0.15, 0.2) is 0 Å². The highest BCUT2D eigenvalue weighted by atomic mass is 19.1. The van der Waals surface area contributed by atoms with Crippen molar-refractivity contribution in [1.29, 1.82) is 0 Å². The van der Waals surface area contributed by atoms with Gasteiger partial charge in [0, 0.05) is 5.56 Å². The first-order valence-corrected chi connectivity index (χ1v) is 5.70. The minimum absolute atomic E-state index is 0.0175. The molecule has 0 N–H and O–H groups in total. The second-order valence-corrected chi connectivity index (χ2v) is 6.08. The average molecular weight is 222 g/mol. The van der Waals surface area contributed by atoms with Crippen LogP contribution in [0.15, 0.2) is 18.2 Å². The van der Waals surface area contributed by atoms with Crippen molar-refractivity contribution < 1.29 is 9.13 Å². The molecule has 0 radical (unpaired) electrons. The molecule has 1 aliphatic rings. The lowest BCUT2D eigenvalue weighted by Gasteiger charge is -2.29. The van der Waals surface area contributed by atoms with Crippen molar-refractivity contribution in [2.45, 2.75) is 46.3 Å². The first-order chi connectivity index (χ1) is 7.23.